The summed E-state index contributed by atoms with van der Waals surface area (Å²) in [5.74, 6) is 0.950. The van der Waals surface area contributed by atoms with Crippen LogP contribution in [0.15, 0.2) is 0 Å². The van der Waals surface area contributed by atoms with Gasteiger partial charge < -0.3 is 0 Å². The lowest BCUT2D eigenvalue weighted by molar-refractivity contribution is -0.119. The first kappa shape index (κ1) is 25.4. The molecule has 0 atom stereocenters. The van der Waals surface area contributed by atoms with E-state index < -0.39 is 25.5 Å². The molecule has 1 N–H and O–H groups in total. The Labute approximate surface area is 147 Å². The molecule has 0 fully saturated rings. The zero-order chi connectivity index (χ0) is 19.4. The van der Waals surface area contributed by atoms with Crippen LogP contribution in [0.25, 0.3) is 0 Å². The maximum Gasteiger partial charge on any atom is 0.425 e. The first-order valence-electron chi connectivity index (χ1n) is 8.05. The number of Topliss-reactive ketones (excluding diaryl/α,β-unsaturated/α-hetero) is 1. The zero-order valence-corrected chi connectivity index (χ0v) is 16.6. The molecule has 0 amide bonds. The van der Waals surface area contributed by atoms with Crippen LogP contribution in [0, 0.1) is 5.92 Å². The van der Waals surface area contributed by atoms with Crippen molar-refractivity contribution < 1.29 is 30.4 Å². The summed E-state index contributed by atoms with van der Waals surface area (Å²) in [5.41, 5.74) is 0. The first-order valence-corrected chi connectivity index (χ1v) is 10.5. The standard InChI is InChI=1S/C15H30O4S.O3S/c1-13(2)9-5-6-10-14(16)11-7-8-12-15(3,4)20(17,18)19;1-4(2)3/h13H,5-12H2,1-4H3,(H,17,18,19);. The highest BCUT2D eigenvalue weighted by Crippen LogP contribution is 2.22. The van der Waals surface area contributed by atoms with E-state index >= 15 is 0 Å². The predicted octanol–water partition coefficient (Wildman–Crippen LogP) is 2.99. The molecule has 0 heterocycles. The number of rotatable bonds is 11. The SMILES string of the molecule is CC(C)CCCCC(=O)CCCCC(C)(C)S(=O)(=O)O.O=S(=O)=O. The molecule has 0 aromatic rings. The second-order valence-corrected chi connectivity index (χ2v) is 9.29. The molecule has 0 aromatic heterocycles. The van der Waals surface area contributed by atoms with Crippen molar-refractivity contribution in [1.82, 2.24) is 0 Å². The van der Waals surface area contributed by atoms with Gasteiger partial charge in [0.2, 0.25) is 0 Å². The molecule has 0 rings (SSSR count). The number of carbonyl (C=O) groups is 1. The van der Waals surface area contributed by atoms with Crippen molar-refractivity contribution in [2.75, 3.05) is 0 Å². The van der Waals surface area contributed by atoms with Crippen LogP contribution in [0.1, 0.15) is 79.1 Å². The zero-order valence-electron chi connectivity index (χ0n) is 14.9. The Balaban J connectivity index is 0. The Bertz CT molecular complexity index is 553. The van der Waals surface area contributed by atoms with Crippen LogP contribution >= 0.6 is 0 Å². The smallest absolute Gasteiger partial charge is 0.300 e. The fourth-order valence-corrected chi connectivity index (χ4v) is 2.40. The number of unbranched alkanes of at least 4 members (excludes halogenated alkanes) is 2. The highest BCUT2D eigenvalue weighted by molar-refractivity contribution is 7.87. The van der Waals surface area contributed by atoms with Crippen molar-refractivity contribution in [1.29, 1.82) is 0 Å². The third-order valence-corrected chi connectivity index (χ3v) is 5.27. The van der Waals surface area contributed by atoms with Crippen molar-refractivity contribution in [2.24, 2.45) is 5.92 Å². The molecule has 0 radical (unpaired) electrons. The molecule has 9 heteroatoms. The highest BCUT2D eigenvalue weighted by atomic mass is 32.2. The lowest BCUT2D eigenvalue weighted by Gasteiger charge is -2.20. The molecule has 0 bridgehead atoms. The monoisotopic (exact) mass is 386 g/mol. The van der Waals surface area contributed by atoms with Gasteiger partial charge in [-0.1, -0.05) is 33.1 Å². The normalized spacial score (nSPS) is 11.8. The maximum absolute atomic E-state index is 11.6. The second kappa shape index (κ2) is 12.5. The third kappa shape index (κ3) is 16.1. The summed E-state index contributed by atoms with van der Waals surface area (Å²) in [7, 11) is -7.12. The summed E-state index contributed by atoms with van der Waals surface area (Å²) in [6, 6.07) is 0. The molecule has 0 unspecified atom stereocenters. The number of carbonyl (C=O) groups excluding carboxylic acids is 1. The second-order valence-electron chi connectivity index (χ2n) is 6.82. The molecule has 0 saturated carbocycles. The van der Waals surface area contributed by atoms with Gasteiger partial charge in [-0.2, -0.15) is 8.42 Å². The van der Waals surface area contributed by atoms with Gasteiger partial charge in [0, 0.05) is 12.8 Å². The Morgan fingerprint density at radius 3 is 1.79 bits per heavy atom. The summed E-state index contributed by atoms with van der Waals surface area (Å²) < 4.78 is 55.5. The van der Waals surface area contributed by atoms with Gasteiger partial charge in [0.25, 0.3) is 10.1 Å². The van der Waals surface area contributed by atoms with Gasteiger partial charge in [-0.25, -0.2) is 0 Å². The predicted molar refractivity (Wildman–Crippen MR) is 92.1 cm³/mol. The third-order valence-electron chi connectivity index (χ3n) is 3.67. The first-order chi connectivity index (χ1) is 10.8. The Hall–Kier alpha value is -0.800. The van der Waals surface area contributed by atoms with Gasteiger partial charge in [-0.15, -0.1) is 12.6 Å². The van der Waals surface area contributed by atoms with Crippen LogP contribution in [-0.2, 0) is 25.5 Å². The lowest BCUT2D eigenvalue weighted by Crippen LogP contribution is -2.31. The van der Waals surface area contributed by atoms with Crippen molar-refractivity contribution in [3.63, 3.8) is 0 Å². The van der Waals surface area contributed by atoms with Gasteiger partial charge in [-0.3, -0.25) is 9.35 Å². The molecule has 0 saturated heterocycles. The molecule has 7 nitrogen and oxygen atoms in total. The number of ketones is 1. The van der Waals surface area contributed by atoms with E-state index in [1.54, 1.807) is 0 Å². The van der Waals surface area contributed by atoms with E-state index in [0.29, 0.717) is 38.0 Å². The Morgan fingerprint density at radius 1 is 1.00 bits per heavy atom. The van der Waals surface area contributed by atoms with E-state index in [9.17, 15) is 13.2 Å². The van der Waals surface area contributed by atoms with Gasteiger partial charge in [0.05, 0.1) is 4.75 Å². The lowest BCUT2D eigenvalue weighted by atomic mass is 10.0. The maximum atomic E-state index is 11.6. The fourth-order valence-electron chi connectivity index (χ4n) is 2.00. The summed E-state index contributed by atoms with van der Waals surface area (Å²) >= 11 is 0. The Kier molecular flexibility index (Phi) is 13.3. The van der Waals surface area contributed by atoms with Gasteiger partial charge in [0.15, 0.2) is 0 Å². The van der Waals surface area contributed by atoms with Crippen LogP contribution in [0.5, 0.6) is 0 Å². The summed E-state index contributed by atoms with van der Waals surface area (Å²) in [6.07, 6.45) is 6.08. The topological polar surface area (TPSA) is 123 Å². The average Bonchev–Trinajstić information content (AvgIpc) is 2.37. The largest absolute Gasteiger partial charge is 0.425 e. The highest BCUT2D eigenvalue weighted by Gasteiger charge is 2.31. The van der Waals surface area contributed by atoms with Crippen molar-refractivity contribution in [2.45, 2.75) is 83.8 Å². The van der Waals surface area contributed by atoms with Gasteiger partial charge >= 0.3 is 10.6 Å². The van der Waals surface area contributed by atoms with E-state index in [1.807, 2.05) is 0 Å². The van der Waals surface area contributed by atoms with Crippen LogP contribution in [-0.4, -0.2) is 36.1 Å². The molecule has 0 aliphatic carbocycles. The van der Waals surface area contributed by atoms with E-state index in [1.165, 1.54) is 13.8 Å². The number of hydrogen-bond acceptors (Lipinski definition) is 6. The molecule has 0 aromatic carbocycles. The minimum atomic E-state index is -4.01. The average molecular weight is 387 g/mol. The van der Waals surface area contributed by atoms with Gasteiger partial charge in [-0.05, 0) is 39.0 Å². The summed E-state index contributed by atoms with van der Waals surface area (Å²) in [6.45, 7) is 7.38. The van der Waals surface area contributed by atoms with Crippen LogP contribution in [0.4, 0.5) is 0 Å². The molecular weight excluding hydrogens is 356 g/mol. The van der Waals surface area contributed by atoms with E-state index in [0.717, 1.165) is 19.3 Å². The molecule has 144 valence electrons. The minimum absolute atomic E-state index is 0.262. The van der Waals surface area contributed by atoms with Gasteiger partial charge in [0.1, 0.15) is 5.78 Å². The van der Waals surface area contributed by atoms with E-state index in [2.05, 4.69) is 13.8 Å². The molecule has 0 aliphatic rings. The van der Waals surface area contributed by atoms with E-state index in [-0.39, 0.29) is 5.78 Å². The summed E-state index contributed by atoms with van der Waals surface area (Å²) in [5, 5.41) is 0. The quantitative estimate of drug-likeness (QED) is 0.427. The van der Waals surface area contributed by atoms with Crippen LogP contribution in [0.2, 0.25) is 0 Å². The molecule has 24 heavy (non-hydrogen) atoms. The minimum Gasteiger partial charge on any atom is -0.300 e. The molecule has 0 spiro atoms. The van der Waals surface area contributed by atoms with Crippen molar-refractivity contribution >= 4 is 26.5 Å². The Morgan fingerprint density at radius 2 is 1.42 bits per heavy atom. The summed E-state index contributed by atoms with van der Waals surface area (Å²) in [4.78, 5) is 11.6. The van der Waals surface area contributed by atoms with Crippen molar-refractivity contribution in [3.05, 3.63) is 0 Å². The fraction of sp³-hybridized carbons (Fsp3) is 0.933. The van der Waals surface area contributed by atoms with E-state index in [4.69, 9.17) is 17.2 Å². The number of hydrogen-bond donors (Lipinski definition) is 1. The van der Waals surface area contributed by atoms with Crippen molar-refractivity contribution in [3.8, 4) is 0 Å². The molecule has 0 aliphatic heterocycles. The van der Waals surface area contributed by atoms with Crippen LogP contribution in [0.3, 0.4) is 0 Å². The van der Waals surface area contributed by atoms with Crippen LogP contribution < -0.4 is 0 Å². The molecular formula is C15H30O7S2.